The summed E-state index contributed by atoms with van der Waals surface area (Å²) in [6.45, 7) is 3.85. The first-order valence-electron chi connectivity index (χ1n) is 11.8. The van der Waals surface area contributed by atoms with Gasteiger partial charge in [-0.25, -0.2) is 9.59 Å². The molecule has 4 rings (SSSR count). The number of carbonyl (C=O) groups is 2. The van der Waals surface area contributed by atoms with Crippen molar-refractivity contribution < 1.29 is 19.1 Å². The molecule has 4 aromatic rings. The summed E-state index contributed by atoms with van der Waals surface area (Å²) in [4.78, 5) is 34.3. The average molecular weight is 507 g/mol. The van der Waals surface area contributed by atoms with Crippen molar-refractivity contribution in [1.82, 2.24) is 50.4 Å². The monoisotopic (exact) mass is 506 g/mol. The third-order valence-electron chi connectivity index (χ3n) is 5.10. The van der Waals surface area contributed by atoms with Crippen molar-refractivity contribution >= 4 is 11.9 Å². The van der Waals surface area contributed by atoms with Crippen LogP contribution in [-0.2, 0) is 45.0 Å². The van der Waals surface area contributed by atoms with Crippen LogP contribution in [0, 0.1) is 0 Å². The summed E-state index contributed by atoms with van der Waals surface area (Å²) in [5, 5.41) is 24.2. The standard InChI is InChI=1S/C23H26N10O4/c1-3-36-20(34)14-32-28-22(26-30-32)18-12-16(8-10-24-18)6-5-7-17-9-11-25-19(13-17)23-27-31-33(29-23)15-21(35)37-4-2/h8-13H,3-7,14-15H2,1-2H3. The van der Waals surface area contributed by atoms with Crippen molar-refractivity contribution in [2.24, 2.45) is 0 Å². The third kappa shape index (κ3) is 7.19. The molecule has 0 unspecified atom stereocenters. The number of pyridine rings is 2. The van der Waals surface area contributed by atoms with E-state index in [1.54, 1.807) is 26.2 Å². The van der Waals surface area contributed by atoms with Crippen LogP contribution in [0.4, 0.5) is 0 Å². The molecule has 37 heavy (non-hydrogen) atoms. The van der Waals surface area contributed by atoms with Crippen molar-refractivity contribution in [3.8, 4) is 23.0 Å². The van der Waals surface area contributed by atoms with Crippen molar-refractivity contribution in [3.63, 3.8) is 0 Å². The molecule has 0 aromatic carbocycles. The lowest BCUT2D eigenvalue weighted by Gasteiger charge is -2.04. The average Bonchev–Trinajstić information content (AvgIpc) is 3.55. The van der Waals surface area contributed by atoms with E-state index in [2.05, 4.69) is 40.8 Å². The van der Waals surface area contributed by atoms with Gasteiger partial charge < -0.3 is 9.47 Å². The highest BCUT2D eigenvalue weighted by Gasteiger charge is 2.13. The fourth-order valence-electron chi connectivity index (χ4n) is 3.47. The summed E-state index contributed by atoms with van der Waals surface area (Å²) in [5.41, 5.74) is 3.31. The number of hydrogen-bond donors (Lipinski definition) is 0. The summed E-state index contributed by atoms with van der Waals surface area (Å²) in [6.07, 6.45) is 5.88. The molecule has 4 aromatic heterocycles. The molecule has 14 heteroatoms. The van der Waals surface area contributed by atoms with Gasteiger partial charge in [0.25, 0.3) is 0 Å². The minimum atomic E-state index is -0.426. The van der Waals surface area contributed by atoms with E-state index >= 15 is 0 Å². The van der Waals surface area contributed by atoms with Crippen LogP contribution in [0.2, 0.25) is 0 Å². The quantitative estimate of drug-likeness (QED) is 0.251. The Balaban J connectivity index is 1.33. The van der Waals surface area contributed by atoms with Gasteiger partial charge in [0, 0.05) is 12.4 Å². The first kappa shape index (κ1) is 25.5. The molecule has 14 nitrogen and oxygen atoms in total. The second-order valence-electron chi connectivity index (χ2n) is 7.85. The number of carbonyl (C=O) groups excluding carboxylic acids is 2. The Labute approximate surface area is 212 Å². The van der Waals surface area contributed by atoms with E-state index in [0.29, 0.717) is 36.3 Å². The zero-order valence-electron chi connectivity index (χ0n) is 20.5. The second-order valence-corrected chi connectivity index (χ2v) is 7.85. The van der Waals surface area contributed by atoms with E-state index in [9.17, 15) is 9.59 Å². The van der Waals surface area contributed by atoms with E-state index in [4.69, 9.17) is 9.47 Å². The SMILES string of the molecule is CCOC(=O)Cn1nnc(-c2cc(CCCc3ccnc(-c4nnn(CC(=O)OCC)n4)c3)ccn2)n1. The molecule has 0 saturated carbocycles. The lowest BCUT2D eigenvalue weighted by atomic mass is 10.0. The topological polar surface area (TPSA) is 166 Å². The van der Waals surface area contributed by atoms with Crippen molar-refractivity contribution in [1.29, 1.82) is 0 Å². The maximum absolute atomic E-state index is 11.6. The Hall–Kier alpha value is -4.62. The molecule has 0 bridgehead atoms. The Morgan fingerprint density at radius 1 is 0.757 bits per heavy atom. The summed E-state index contributed by atoms with van der Waals surface area (Å²) in [5.74, 6) is -0.171. The number of rotatable bonds is 12. The molecule has 0 amide bonds. The smallest absolute Gasteiger partial charge is 0.329 e. The zero-order valence-corrected chi connectivity index (χ0v) is 20.5. The second kappa shape index (κ2) is 12.4. The zero-order chi connectivity index (χ0) is 26.0. The van der Waals surface area contributed by atoms with Crippen LogP contribution in [0.15, 0.2) is 36.7 Å². The van der Waals surface area contributed by atoms with Crippen molar-refractivity contribution in [2.75, 3.05) is 13.2 Å². The van der Waals surface area contributed by atoms with Gasteiger partial charge in [0.1, 0.15) is 11.4 Å². The number of nitrogens with zero attached hydrogens (tertiary/aromatic N) is 10. The van der Waals surface area contributed by atoms with Gasteiger partial charge in [-0.05, 0) is 78.9 Å². The summed E-state index contributed by atoms with van der Waals surface area (Å²) in [6, 6.07) is 7.71. The van der Waals surface area contributed by atoms with Gasteiger partial charge in [-0.1, -0.05) is 0 Å². The van der Waals surface area contributed by atoms with E-state index in [1.807, 2.05) is 24.3 Å². The van der Waals surface area contributed by atoms with Gasteiger partial charge in [0.05, 0.1) is 13.2 Å². The Kier molecular flexibility index (Phi) is 8.52. The van der Waals surface area contributed by atoms with Crippen LogP contribution >= 0.6 is 0 Å². The fourth-order valence-corrected chi connectivity index (χ4v) is 3.47. The fraction of sp³-hybridized carbons (Fsp3) is 0.391. The van der Waals surface area contributed by atoms with Crippen molar-refractivity contribution in [3.05, 3.63) is 47.8 Å². The summed E-state index contributed by atoms with van der Waals surface area (Å²) < 4.78 is 9.80. The number of tetrazole rings is 2. The maximum Gasteiger partial charge on any atom is 0.329 e. The number of hydrogen-bond acceptors (Lipinski definition) is 12. The number of ether oxygens (including phenoxy) is 2. The molecule has 0 radical (unpaired) electrons. The van der Waals surface area contributed by atoms with Gasteiger partial charge >= 0.3 is 11.9 Å². The van der Waals surface area contributed by atoms with E-state index in [0.717, 1.165) is 30.4 Å². The molecule has 0 aliphatic heterocycles. The largest absolute Gasteiger partial charge is 0.465 e. The molecule has 0 N–H and O–H groups in total. The van der Waals surface area contributed by atoms with Crippen LogP contribution < -0.4 is 0 Å². The molecule has 0 saturated heterocycles. The van der Waals surface area contributed by atoms with Crippen LogP contribution in [-0.4, -0.2) is 75.5 Å². The summed E-state index contributed by atoms with van der Waals surface area (Å²) >= 11 is 0. The van der Waals surface area contributed by atoms with Gasteiger partial charge in [0.2, 0.25) is 11.6 Å². The molecule has 4 heterocycles. The highest BCUT2D eigenvalue weighted by Crippen LogP contribution is 2.17. The minimum absolute atomic E-state index is 0.105. The predicted octanol–water partition coefficient (Wildman–Crippen LogP) is 1.09. The van der Waals surface area contributed by atoms with Gasteiger partial charge in [-0.2, -0.15) is 9.59 Å². The van der Waals surface area contributed by atoms with Crippen molar-refractivity contribution in [2.45, 2.75) is 46.2 Å². The van der Waals surface area contributed by atoms with Crippen LogP contribution in [0.25, 0.3) is 23.0 Å². The third-order valence-corrected chi connectivity index (χ3v) is 5.10. The molecule has 0 atom stereocenters. The van der Waals surface area contributed by atoms with Crippen LogP contribution in [0.3, 0.4) is 0 Å². The molecular formula is C23H26N10O4. The molecule has 0 fully saturated rings. The molecule has 0 spiro atoms. The van der Waals surface area contributed by atoms with Gasteiger partial charge in [-0.3, -0.25) is 9.97 Å². The minimum Gasteiger partial charge on any atom is -0.465 e. The Bertz CT molecular complexity index is 1250. The Morgan fingerprint density at radius 2 is 1.22 bits per heavy atom. The van der Waals surface area contributed by atoms with Gasteiger partial charge in [0.15, 0.2) is 13.1 Å². The van der Waals surface area contributed by atoms with E-state index in [-0.39, 0.29) is 13.1 Å². The highest BCUT2D eigenvalue weighted by atomic mass is 16.5. The molecule has 192 valence electrons. The maximum atomic E-state index is 11.6. The van der Waals surface area contributed by atoms with E-state index in [1.165, 1.54) is 9.59 Å². The first-order valence-corrected chi connectivity index (χ1v) is 11.8. The molecular weight excluding hydrogens is 480 g/mol. The van der Waals surface area contributed by atoms with Crippen LogP contribution in [0.5, 0.6) is 0 Å². The van der Waals surface area contributed by atoms with Gasteiger partial charge in [-0.15, -0.1) is 20.4 Å². The summed E-state index contributed by atoms with van der Waals surface area (Å²) in [7, 11) is 0. The molecule has 0 aliphatic carbocycles. The number of esters is 2. The lowest BCUT2D eigenvalue weighted by Crippen LogP contribution is -2.15. The van der Waals surface area contributed by atoms with E-state index < -0.39 is 11.9 Å². The molecule has 0 aliphatic rings. The van der Waals surface area contributed by atoms with Crippen LogP contribution in [0.1, 0.15) is 31.4 Å². The first-order chi connectivity index (χ1) is 18.0. The lowest BCUT2D eigenvalue weighted by molar-refractivity contribution is -0.145. The predicted molar refractivity (Wildman–Crippen MR) is 127 cm³/mol. The normalized spacial score (nSPS) is 10.9. The Morgan fingerprint density at radius 3 is 1.65 bits per heavy atom. The number of aryl methyl sites for hydroxylation is 2. The highest BCUT2D eigenvalue weighted by molar-refractivity contribution is 5.69. The number of aromatic nitrogens is 10.